The highest BCUT2D eigenvalue weighted by Crippen LogP contribution is 2.15. The Morgan fingerprint density at radius 2 is 2.39 bits per heavy atom. The average Bonchev–Trinajstić information content (AvgIpc) is 2.72. The van der Waals surface area contributed by atoms with Gasteiger partial charge in [-0.05, 0) is 30.4 Å². The van der Waals surface area contributed by atoms with E-state index in [-0.39, 0.29) is 17.8 Å². The van der Waals surface area contributed by atoms with Crippen LogP contribution in [0.5, 0.6) is 0 Å². The SMILES string of the molecule is Cn1c(C(=O)NC2CCCNC2)ccc1[N+](=O)[O-]. The van der Waals surface area contributed by atoms with Gasteiger partial charge in [0.15, 0.2) is 5.69 Å². The van der Waals surface area contributed by atoms with Crippen LogP contribution in [0.2, 0.25) is 0 Å². The van der Waals surface area contributed by atoms with Crippen LogP contribution in [0.15, 0.2) is 12.1 Å². The Labute approximate surface area is 104 Å². The van der Waals surface area contributed by atoms with Crippen molar-refractivity contribution in [2.45, 2.75) is 18.9 Å². The highest BCUT2D eigenvalue weighted by atomic mass is 16.6. The van der Waals surface area contributed by atoms with E-state index in [1.54, 1.807) is 0 Å². The summed E-state index contributed by atoms with van der Waals surface area (Å²) in [5.41, 5.74) is 0.312. The summed E-state index contributed by atoms with van der Waals surface area (Å²) in [6.45, 7) is 1.72. The Bertz CT molecular complexity index is 463. The zero-order valence-corrected chi connectivity index (χ0v) is 10.2. The third-order valence-corrected chi connectivity index (χ3v) is 3.15. The van der Waals surface area contributed by atoms with E-state index in [2.05, 4.69) is 10.6 Å². The average molecular weight is 252 g/mol. The van der Waals surface area contributed by atoms with E-state index < -0.39 is 4.92 Å². The van der Waals surface area contributed by atoms with Gasteiger partial charge in [-0.25, -0.2) is 4.57 Å². The van der Waals surface area contributed by atoms with Gasteiger partial charge in [-0.3, -0.25) is 4.79 Å². The molecular weight excluding hydrogens is 236 g/mol. The minimum absolute atomic E-state index is 0.0816. The Kier molecular flexibility index (Phi) is 3.61. The van der Waals surface area contributed by atoms with Gasteiger partial charge in [0.25, 0.3) is 5.91 Å². The molecule has 1 aromatic rings. The summed E-state index contributed by atoms with van der Waals surface area (Å²) < 4.78 is 1.30. The van der Waals surface area contributed by atoms with Crippen LogP contribution >= 0.6 is 0 Å². The number of nitro groups is 1. The lowest BCUT2D eigenvalue weighted by Crippen LogP contribution is -2.45. The van der Waals surface area contributed by atoms with Crippen molar-refractivity contribution < 1.29 is 9.72 Å². The summed E-state index contributed by atoms with van der Waals surface area (Å²) in [5.74, 6) is -0.346. The zero-order valence-electron chi connectivity index (χ0n) is 10.2. The molecule has 7 heteroatoms. The maximum Gasteiger partial charge on any atom is 0.323 e. The summed E-state index contributed by atoms with van der Waals surface area (Å²) >= 11 is 0. The molecule has 7 nitrogen and oxygen atoms in total. The van der Waals surface area contributed by atoms with E-state index >= 15 is 0 Å². The van der Waals surface area contributed by atoms with Gasteiger partial charge in [-0.2, -0.15) is 0 Å². The number of carbonyl (C=O) groups is 1. The standard InChI is InChI=1S/C11H16N4O3/c1-14-9(4-5-10(14)15(17)18)11(16)13-8-3-2-6-12-7-8/h4-5,8,12H,2-3,6-7H2,1H3,(H,13,16). The van der Waals surface area contributed by atoms with Gasteiger partial charge in [-0.1, -0.05) is 0 Å². The second kappa shape index (κ2) is 5.18. The topological polar surface area (TPSA) is 89.2 Å². The molecule has 98 valence electrons. The first-order valence-corrected chi connectivity index (χ1v) is 5.91. The van der Waals surface area contributed by atoms with Crippen LogP contribution in [-0.2, 0) is 7.05 Å². The largest absolute Gasteiger partial charge is 0.358 e. The number of rotatable bonds is 3. The highest BCUT2D eigenvalue weighted by Gasteiger charge is 2.23. The van der Waals surface area contributed by atoms with Crippen LogP contribution in [0.25, 0.3) is 0 Å². The van der Waals surface area contributed by atoms with E-state index in [0.717, 1.165) is 25.9 Å². The van der Waals surface area contributed by atoms with E-state index in [1.165, 1.54) is 23.7 Å². The van der Waals surface area contributed by atoms with E-state index in [4.69, 9.17) is 0 Å². The van der Waals surface area contributed by atoms with E-state index in [9.17, 15) is 14.9 Å². The molecule has 2 N–H and O–H groups in total. The first kappa shape index (κ1) is 12.6. The Hall–Kier alpha value is -1.89. The molecule has 1 saturated heterocycles. The van der Waals surface area contributed by atoms with Crippen LogP contribution in [0.4, 0.5) is 5.82 Å². The third kappa shape index (κ3) is 2.51. The van der Waals surface area contributed by atoms with Crippen LogP contribution in [-0.4, -0.2) is 34.5 Å². The number of piperidine rings is 1. The summed E-state index contributed by atoms with van der Waals surface area (Å²) in [4.78, 5) is 22.2. The molecule has 0 bridgehead atoms. The van der Waals surface area contributed by atoms with Crippen LogP contribution < -0.4 is 10.6 Å². The first-order valence-electron chi connectivity index (χ1n) is 5.91. The predicted molar refractivity (Wildman–Crippen MR) is 65.4 cm³/mol. The fourth-order valence-corrected chi connectivity index (χ4v) is 2.15. The lowest BCUT2D eigenvalue weighted by Gasteiger charge is -2.23. The molecule has 1 aliphatic heterocycles. The van der Waals surface area contributed by atoms with Gasteiger partial charge < -0.3 is 20.7 Å². The van der Waals surface area contributed by atoms with Gasteiger partial charge in [0.1, 0.15) is 0 Å². The lowest BCUT2D eigenvalue weighted by molar-refractivity contribution is -0.391. The lowest BCUT2D eigenvalue weighted by atomic mass is 10.1. The first-order chi connectivity index (χ1) is 8.59. The minimum atomic E-state index is -0.501. The zero-order chi connectivity index (χ0) is 13.1. The molecule has 1 unspecified atom stereocenters. The minimum Gasteiger partial charge on any atom is -0.358 e. The quantitative estimate of drug-likeness (QED) is 0.602. The number of amides is 1. The molecule has 1 atom stereocenters. The monoisotopic (exact) mass is 252 g/mol. The molecule has 0 aromatic carbocycles. The second-order valence-corrected chi connectivity index (χ2v) is 4.41. The number of nitrogens with one attached hydrogen (secondary N) is 2. The molecular formula is C11H16N4O3. The van der Waals surface area contributed by atoms with Crippen molar-refractivity contribution in [2.24, 2.45) is 7.05 Å². The molecule has 0 spiro atoms. The summed E-state index contributed by atoms with van der Waals surface area (Å²) in [7, 11) is 1.52. The molecule has 0 radical (unpaired) electrons. The Morgan fingerprint density at radius 1 is 1.61 bits per heavy atom. The van der Waals surface area contributed by atoms with E-state index in [1.807, 2.05) is 0 Å². The van der Waals surface area contributed by atoms with Crippen molar-refractivity contribution in [1.82, 2.24) is 15.2 Å². The Morgan fingerprint density at radius 3 is 2.94 bits per heavy atom. The molecule has 1 aromatic heterocycles. The summed E-state index contributed by atoms with van der Waals surface area (Å²) in [5, 5.41) is 16.8. The van der Waals surface area contributed by atoms with Crippen molar-refractivity contribution in [3.8, 4) is 0 Å². The Balaban J connectivity index is 2.06. The number of aromatic nitrogens is 1. The van der Waals surface area contributed by atoms with Crippen molar-refractivity contribution in [3.63, 3.8) is 0 Å². The molecule has 2 rings (SSSR count). The van der Waals surface area contributed by atoms with Gasteiger partial charge in [0.05, 0.1) is 7.05 Å². The van der Waals surface area contributed by atoms with Crippen LogP contribution in [0.1, 0.15) is 23.3 Å². The molecule has 1 fully saturated rings. The third-order valence-electron chi connectivity index (χ3n) is 3.15. The molecule has 0 aliphatic carbocycles. The number of carbonyl (C=O) groups excluding carboxylic acids is 1. The smallest absolute Gasteiger partial charge is 0.323 e. The maximum absolute atomic E-state index is 12.0. The fraction of sp³-hybridized carbons (Fsp3) is 0.545. The summed E-state index contributed by atoms with van der Waals surface area (Å²) in [6.07, 6.45) is 1.96. The summed E-state index contributed by atoms with van der Waals surface area (Å²) in [6, 6.07) is 2.91. The second-order valence-electron chi connectivity index (χ2n) is 4.41. The maximum atomic E-state index is 12.0. The van der Waals surface area contributed by atoms with Crippen molar-refractivity contribution in [3.05, 3.63) is 27.9 Å². The molecule has 1 aliphatic rings. The van der Waals surface area contributed by atoms with Gasteiger partial charge in [0, 0.05) is 18.7 Å². The fourth-order valence-electron chi connectivity index (χ4n) is 2.15. The predicted octanol–water partition coefficient (Wildman–Crippen LogP) is 0.415. The van der Waals surface area contributed by atoms with Crippen molar-refractivity contribution >= 4 is 11.7 Å². The van der Waals surface area contributed by atoms with Gasteiger partial charge in [-0.15, -0.1) is 0 Å². The molecule has 2 heterocycles. The van der Waals surface area contributed by atoms with E-state index in [0.29, 0.717) is 5.69 Å². The number of hydrogen-bond donors (Lipinski definition) is 2. The molecule has 0 saturated carbocycles. The van der Waals surface area contributed by atoms with Crippen LogP contribution in [0, 0.1) is 10.1 Å². The number of hydrogen-bond acceptors (Lipinski definition) is 4. The van der Waals surface area contributed by atoms with Crippen molar-refractivity contribution in [2.75, 3.05) is 13.1 Å². The highest BCUT2D eigenvalue weighted by molar-refractivity contribution is 5.93. The van der Waals surface area contributed by atoms with Crippen molar-refractivity contribution in [1.29, 1.82) is 0 Å². The number of nitrogens with zero attached hydrogens (tertiary/aromatic N) is 2. The van der Waals surface area contributed by atoms with Gasteiger partial charge >= 0.3 is 5.82 Å². The van der Waals surface area contributed by atoms with Crippen LogP contribution in [0.3, 0.4) is 0 Å². The normalized spacial score (nSPS) is 19.5. The van der Waals surface area contributed by atoms with Gasteiger partial charge in [0.2, 0.25) is 0 Å². The molecule has 1 amide bonds. The molecule has 18 heavy (non-hydrogen) atoms.